The number of H-pyrrole nitrogens is 1. The van der Waals surface area contributed by atoms with Crippen molar-refractivity contribution in [2.45, 2.75) is 13.2 Å². The Morgan fingerprint density at radius 2 is 1.59 bits per heavy atom. The fourth-order valence-corrected chi connectivity index (χ4v) is 4.03. The summed E-state index contributed by atoms with van der Waals surface area (Å²) in [5.41, 5.74) is 4.59. The third kappa shape index (κ3) is 3.63. The molecule has 5 nitrogen and oxygen atoms in total. The highest BCUT2D eigenvalue weighted by molar-refractivity contribution is 6.16. The van der Waals surface area contributed by atoms with Crippen molar-refractivity contribution < 1.29 is 14.3 Å². The van der Waals surface area contributed by atoms with Gasteiger partial charge in [-0.3, -0.25) is 9.78 Å². The van der Waals surface area contributed by atoms with E-state index in [1.165, 1.54) is 0 Å². The number of nitrogens with zero attached hydrogens (tertiary/aromatic N) is 1. The predicted molar refractivity (Wildman–Crippen MR) is 125 cm³/mol. The molecule has 0 saturated heterocycles. The summed E-state index contributed by atoms with van der Waals surface area (Å²) in [6, 6.07) is 25.1. The molecule has 0 saturated carbocycles. The van der Waals surface area contributed by atoms with E-state index in [0.717, 1.165) is 38.7 Å². The molecule has 0 aliphatic rings. The van der Waals surface area contributed by atoms with E-state index in [2.05, 4.69) is 9.97 Å². The summed E-state index contributed by atoms with van der Waals surface area (Å²) < 4.78 is 11.7. The van der Waals surface area contributed by atoms with Crippen LogP contribution < -0.4 is 4.74 Å². The average molecular weight is 422 g/mol. The molecule has 0 amide bonds. The first-order chi connectivity index (χ1) is 15.8. The molecule has 5 aromatic rings. The van der Waals surface area contributed by atoms with E-state index in [1.807, 2.05) is 66.7 Å². The number of nitrogens with one attached hydrogen (secondary N) is 1. The lowest BCUT2D eigenvalue weighted by atomic mass is 9.99. The molecule has 0 fully saturated rings. The van der Waals surface area contributed by atoms with Crippen LogP contribution in [0.15, 0.2) is 85.1 Å². The molecule has 5 heteroatoms. The topological polar surface area (TPSA) is 64.2 Å². The molecule has 0 spiro atoms. The maximum Gasteiger partial charge on any atom is 0.211 e. The number of fused-ring (bicyclic) bond motifs is 3. The maximum atomic E-state index is 13.3. The number of aromatic amines is 1. The monoisotopic (exact) mass is 422 g/mol. The van der Waals surface area contributed by atoms with Gasteiger partial charge in [-0.15, -0.1) is 0 Å². The van der Waals surface area contributed by atoms with Crippen LogP contribution in [0.25, 0.3) is 21.8 Å². The average Bonchev–Trinajstić information content (AvgIpc) is 3.23. The first kappa shape index (κ1) is 20.0. The van der Waals surface area contributed by atoms with Gasteiger partial charge in [-0.1, -0.05) is 66.7 Å². The molecular formula is C27H22N2O3. The molecule has 0 aliphatic carbocycles. The van der Waals surface area contributed by atoms with Crippen molar-refractivity contribution >= 4 is 27.6 Å². The Bertz CT molecular complexity index is 1390. The molecule has 0 radical (unpaired) electrons. The number of rotatable bonds is 7. The first-order valence-electron chi connectivity index (χ1n) is 10.4. The molecule has 0 unspecified atom stereocenters. The van der Waals surface area contributed by atoms with Crippen LogP contribution in [0.2, 0.25) is 0 Å². The van der Waals surface area contributed by atoms with E-state index >= 15 is 0 Å². The van der Waals surface area contributed by atoms with Crippen LogP contribution in [0.3, 0.4) is 0 Å². The normalized spacial score (nSPS) is 11.2. The largest absolute Gasteiger partial charge is 0.488 e. The number of methoxy groups -OCH3 is 1. The summed E-state index contributed by atoms with van der Waals surface area (Å²) >= 11 is 0. The van der Waals surface area contributed by atoms with Gasteiger partial charge < -0.3 is 14.5 Å². The number of carbonyl (C=O) groups excluding carboxylic acids is 1. The number of hydrogen-bond acceptors (Lipinski definition) is 4. The van der Waals surface area contributed by atoms with Crippen LogP contribution >= 0.6 is 0 Å². The van der Waals surface area contributed by atoms with E-state index in [9.17, 15) is 4.79 Å². The molecule has 3 aromatic carbocycles. The quantitative estimate of drug-likeness (QED) is 0.343. The molecule has 0 bridgehead atoms. The van der Waals surface area contributed by atoms with Crippen LogP contribution in [0.5, 0.6) is 5.75 Å². The highest BCUT2D eigenvalue weighted by Gasteiger charge is 2.22. The van der Waals surface area contributed by atoms with Gasteiger partial charge in [0.25, 0.3) is 0 Å². The van der Waals surface area contributed by atoms with Crippen molar-refractivity contribution in [3.63, 3.8) is 0 Å². The first-order valence-corrected chi connectivity index (χ1v) is 10.4. The van der Waals surface area contributed by atoms with Crippen LogP contribution in [0.4, 0.5) is 0 Å². The standard InChI is InChI=1S/C27H22N2O3/c1-31-17-20-24-22(15-28-26(20)27(30)19-11-6-3-7-12-19)29-21-13-8-14-23(25(21)24)32-16-18-9-4-2-5-10-18/h2-15,29H,16-17H2,1H3. The van der Waals surface area contributed by atoms with Gasteiger partial charge in [-0.2, -0.15) is 0 Å². The predicted octanol–water partition coefficient (Wildman–Crippen LogP) is 5.67. The minimum absolute atomic E-state index is 0.128. The van der Waals surface area contributed by atoms with Gasteiger partial charge in [0.2, 0.25) is 5.78 Å². The van der Waals surface area contributed by atoms with Gasteiger partial charge in [0.15, 0.2) is 0 Å². The minimum atomic E-state index is -0.128. The van der Waals surface area contributed by atoms with Gasteiger partial charge in [0, 0.05) is 29.0 Å². The Kier molecular flexibility index (Phi) is 5.40. The van der Waals surface area contributed by atoms with Crippen molar-refractivity contribution in [1.82, 2.24) is 9.97 Å². The Morgan fingerprint density at radius 1 is 0.844 bits per heavy atom. The molecule has 0 atom stereocenters. The molecule has 1 N–H and O–H groups in total. The van der Waals surface area contributed by atoms with E-state index < -0.39 is 0 Å². The van der Waals surface area contributed by atoms with Gasteiger partial charge >= 0.3 is 0 Å². The summed E-state index contributed by atoms with van der Waals surface area (Å²) in [5, 5.41) is 1.83. The van der Waals surface area contributed by atoms with Crippen LogP contribution in [-0.2, 0) is 18.0 Å². The second-order valence-electron chi connectivity index (χ2n) is 7.58. The van der Waals surface area contributed by atoms with E-state index in [4.69, 9.17) is 9.47 Å². The van der Waals surface area contributed by atoms with Gasteiger partial charge in [0.1, 0.15) is 18.1 Å². The second kappa shape index (κ2) is 8.65. The van der Waals surface area contributed by atoms with E-state index in [1.54, 1.807) is 25.4 Å². The number of ketones is 1. The summed E-state index contributed by atoms with van der Waals surface area (Å²) in [5.74, 6) is 0.621. The van der Waals surface area contributed by atoms with Gasteiger partial charge in [0.05, 0.1) is 23.8 Å². The van der Waals surface area contributed by atoms with Crippen LogP contribution in [0.1, 0.15) is 27.2 Å². The molecule has 32 heavy (non-hydrogen) atoms. The zero-order chi connectivity index (χ0) is 21.9. The number of pyridine rings is 1. The molecule has 0 aliphatic heterocycles. The third-order valence-electron chi connectivity index (χ3n) is 5.50. The lowest BCUT2D eigenvalue weighted by Crippen LogP contribution is -2.09. The van der Waals surface area contributed by atoms with Crippen LogP contribution in [-0.4, -0.2) is 22.9 Å². The number of aromatic nitrogens is 2. The van der Waals surface area contributed by atoms with E-state index in [-0.39, 0.29) is 12.4 Å². The van der Waals surface area contributed by atoms with Crippen molar-refractivity contribution in [2.24, 2.45) is 0 Å². The fraction of sp³-hybridized carbons (Fsp3) is 0.111. The van der Waals surface area contributed by atoms with Gasteiger partial charge in [-0.25, -0.2) is 0 Å². The lowest BCUT2D eigenvalue weighted by Gasteiger charge is -2.12. The lowest BCUT2D eigenvalue weighted by molar-refractivity contribution is 0.102. The molecule has 2 aromatic heterocycles. The molecule has 5 rings (SSSR count). The highest BCUT2D eigenvalue weighted by atomic mass is 16.5. The van der Waals surface area contributed by atoms with E-state index in [0.29, 0.717) is 17.9 Å². The van der Waals surface area contributed by atoms with Crippen LogP contribution in [0, 0.1) is 0 Å². The van der Waals surface area contributed by atoms with Gasteiger partial charge in [-0.05, 0) is 17.7 Å². The Morgan fingerprint density at radius 3 is 2.34 bits per heavy atom. The van der Waals surface area contributed by atoms with Crippen molar-refractivity contribution in [2.75, 3.05) is 7.11 Å². The minimum Gasteiger partial charge on any atom is -0.488 e. The van der Waals surface area contributed by atoms with Crippen molar-refractivity contribution in [3.8, 4) is 5.75 Å². The maximum absolute atomic E-state index is 13.3. The molecule has 158 valence electrons. The van der Waals surface area contributed by atoms with Crippen molar-refractivity contribution in [1.29, 1.82) is 0 Å². The molecule has 2 heterocycles. The Hall–Kier alpha value is -3.96. The summed E-state index contributed by atoms with van der Waals surface area (Å²) in [6.45, 7) is 0.714. The second-order valence-corrected chi connectivity index (χ2v) is 7.58. The number of hydrogen-bond donors (Lipinski definition) is 1. The summed E-state index contributed by atoms with van der Waals surface area (Å²) in [4.78, 5) is 21.2. The Balaban J connectivity index is 1.67. The zero-order valence-electron chi connectivity index (χ0n) is 17.7. The molecular weight excluding hydrogens is 400 g/mol. The Labute approximate surface area is 185 Å². The zero-order valence-corrected chi connectivity index (χ0v) is 17.7. The smallest absolute Gasteiger partial charge is 0.211 e. The fourth-order valence-electron chi connectivity index (χ4n) is 4.03. The number of carbonyl (C=O) groups is 1. The highest BCUT2D eigenvalue weighted by Crippen LogP contribution is 2.37. The third-order valence-corrected chi connectivity index (χ3v) is 5.50. The number of benzene rings is 3. The summed E-state index contributed by atoms with van der Waals surface area (Å²) in [6.07, 6.45) is 1.71. The summed E-state index contributed by atoms with van der Waals surface area (Å²) in [7, 11) is 1.62. The number of ether oxygens (including phenoxy) is 2. The SMILES string of the molecule is COCc1c(C(=O)c2ccccc2)ncc2[nH]c3cccc(OCc4ccccc4)c3c12. The van der Waals surface area contributed by atoms with Crippen molar-refractivity contribution in [3.05, 3.63) is 107 Å².